The van der Waals surface area contributed by atoms with Gasteiger partial charge in [-0.25, -0.2) is 0 Å². The van der Waals surface area contributed by atoms with E-state index in [0.29, 0.717) is 24.5 Å². The van der Waals surface area contributed by atoms with Gasteiger partial charge in [0.25, 0.3) is 0 Å². The molecule has 1 N–H and O–H groups in total. The lowest BCUT2D eigenvalue weighted by Gasteiger charge is -2.20. The van der Waals surface area contributed by atoms with Crippen LogP contribution < -0.4 is 4.74 Å². The van der Waals surface area contributed by atoms with Crippen LogP contribution in [0.3, 0.4) is 0 Å². The van der Waals surface area contributed by atoms with E-state index in [1.54, 1.807) is 12.1 Å². The first-order chi connectivity index (χ1) is 8.67. The van der Waals surface area contributed by atoms with Crippen molar-refractivity contribution in [1.82, 2.24) is 0 Å². The van der Waals surface area contributed by atoms with Gasteiger partial charge in [0.15, 0.2) is 5.78 Å². The molecule has 3 nitrogen and oxygen atoms in total. The molecule has 96 valence electrons. The fourth-order valence-corrected chi connectivity index (χ4v) is 2.52. The Labute approximate surface area is 107 Å². The molecule has 1 aromatic rings. The van der Waals surface area contributed by atoms with E-state index in [4.69, 9.17) is 4.74 Å². The van der Waals surface area contributed by atoms with Gasteiger partial charge in [-0.05, 0) is 62.8 Å². The first kappa shape index (κ1) is 11.7. The molecule has 1 aromatic carbocycles. The van der Waals surface area contributed by atoms with E-state index in [1.165, 1.54) is 0 Å². The fraction of sp³-hybridized carbons (Fsp3) is 0.533. The predicted octanol–water partition coefficient (Wildman–Crippen LogP) is 2.72. The molecular weight excluding hydrogens is 228 g/mol. The summed E-state index contributed by atoms with van der Waals surface area (Å²) >= 11 is 0. The molecule has 0 atom stereocenters. The molecule has 0 unspecified atom stereocenters. The summed E-state index contributed by atoms with van der Waals surface area (Å²) in [6.45, 7) is 0. The summed E-state index contributed by atoms with van der Waals surface area (Å²) in [5, 5.41) is 10.3. The van der Waals surface area contributed by atoms with E-state index in [0.717, 1.165) is 31.4 Å². The highest BCUT2D eigenvalue weighted by Crippen LogP contribution is 2.33. The average molecular weight is 246 g/mol. The van der Waals surface area contributed by atoms with Crippen molar-refractivity contribution in [1.29, 1.82) is 0 Å². The van der Waals surface area contributed by atoms with E-state index < -0.39 is 5.60 Å². The zero-order valence-electron chi connectivity index (χ0n) is 10.4. The van der Waals surface area contributed by atoms with Gasteiger partial charge in [0, 0.05) is 5.56 Å². The smallest absolute Gasteiger partial charge is 0.194 e. The van der Waals surface area contributed by atoms with Crippen LogP contribution in [0.4, 0.5) is 0 Å². The molecule has 2 saturated carbocycles. The second kappa shape index (κ2) is 4.39. The summed E-state index contributed by atoms with van der Waals surface area (Å²) in [4.78, 5) is 12.2. The maximum atomic E-state index is 12.2. The van der Waals surface area contributed by atoms with Crippen LogP contribution in [0.1, 0.15) is 48.9 Å². The SMILES string of the molecule is O=C(c1ccc(OC2CC2)cc1)C1(O)CCCC1. The lowest BCUT2D eigenvalue weighted by molar-refractivity contribution is 0.0353. The van der Waals surface area contributed by atoms with E-state index in [1.807, 2.05) is 12.1 Å². The van der Waals surface area contributed by atoms with Crippen molar-refractivity contribution in [3.05, 3.63) is 29.8 Å². The molecule has 18 heavy (non-hydrogen) atoms. The Morgan fingerprint density at radius 2 is 1.78 bits per heavy atom. The number of aliphatic hydroxyl groups is 1. The molecule has 3 heteroatoms. The molecule has 0 amide bonds. The molecule has 0 aromatic heterocycles. The maximum Gasteiger partial charge on any atom is 0.194 e. The number of ether oxygens (including phenoxy) is 1. The third-order valence-electron chi connectivity index (χ3n) is 3.80. The summed E-state index contributed by atoms with van der Waals surface area (Å²) in [6.07, 6.45) is 5.67. The Hall–Kier alpha value is -1.35. The van der Waals surface area contributed by atoms with Gasteiger partial charge in [-0.3, -0.25) is 4.79 Å². The maximum absolute atomic E-state index is 12.2. The number of ketones is 1. The van der Waals surface area contributed by atoms with Gasteiger partial charge < -0.3 is 9.84 Å². The topological polar surface area (TPSA) is 46.5 Å². The quantitative estimate of drug-likeness (QED) is 0.831. The zero-order valence-corrected chi connectivity index (χ0v) is 10.4. The van der Waals surface area contributed by atoms with E-state index in [-0.39, 0.29) is 5.78 Å². The molecule has 2 aliphatic rings. The second-order valence-electron chi connectivity index (χ2n) is 5.41. The van der Waals surface area contributed by atoms with Crippen molar-refractivity contribution in [2.45, 2.75) is 50.2 Å². The van der Waals surface area contributed by atoms with Crippen molar-refractivity contribution in [2.24, 2.45) is 0 Å². The van der Waals surface area contributed by atoms with Crippen molar-refractivity contribution >= 4 is 5.78 Å². The van der Waals surface area contributed by atoms with E-state index in [9.17, 15) is 9.90 Å². The monoisotopic (exact) mass is 246 g/mol. The van der Waals surface area contributed by atoms with Gasteiger partial charge in [0.2, 0.25) is 0 Å². The highest BCUT2D eigenvalue weighted by Gasteiger charge is 2.39. The van der Waals surface area contributed by atoms with Crippen LogP contribution >= 0.6 is 0 Å². The second-order valence-corrected chi connectivity index (χ2v) is 5.41. The number of hydrogen-bond donors (Lipinski definition) is 1. The minimum absolute atomic E-state index is 0.141. The molecule has 0 radical (unpaired) electrons. The molecule has 0 heterocycles. The lowest BCUT2D eigenvalue weighted by atomic mass is 9.91. The molecular formula is C15H18O3. The molecule has 3 rings (SSSR count). The van der Waals surface area contributed by atoms with Crippen LogP contribution in [0, 0.1) is 0 Å². The third-order valence-corrected chi connectivity index (χ3v) is 3.80. The van der Waals surface area contributed by atoms with Crippen LogP contribution in [0.15, 0.2) is 24.3 Å². The van der Waals surface area contributed by atoms with Crippen LogP contribution in [-0.2, 0) is 0 Å². The van der Waals surface area contributed by atoms with Crippen LogP contribution in [0.2, 0.25) is 0 Å². The summed E-state index contributed by atoms with van der Waals surface area (Å²) in [5.74, 6) is 0.672. The van der Waals surface area contributed by atoms with Crippen LogP contribution in [0.5, 0.6) is 5.75 Å². The molecule has 0 spiro atoms. The molecule has 0 aliphatic heterocycles. The number of carbonyl (C=O) groups excluding carboxylic acids is 1. The summed E-state index contributed by atoms with van der Waals surface area (Å²) < 4.78 is 5.64. The molecule has 0 bridgehead atoms. The number of rotatable bonds is 4. The number of carbonyl (C=O) groups is 1. The molecule has 2 fully saturated rings. The van der Waals surface area contributed by atoms with Crippen LogP contribution in [-0.4, -0.2) is 22.6 Å². The highest BCUT2D eigenvalue weighted by molar-refractivity contribution is 6.02. The number of Topliss-reactive ketones (excluding diaryl/α,β-unsaturated/α-hetero) is 1. The first-order valence-corrected chi connectivity index (χ1v) is 6.71. The van der Waals surface area contributed by atoms with E-state index in [2.05, 4.69) is 0 Å². The zero-order chi connectivity index (χ0) is 12.6. The Morgan fingerprint density at radius 3 is 2.33 bits per heavy atom. The summed E-state index contributed by atoms with van der Waals surface area (Å²) in [5.41, 5.74) is -0.540. The fourth-order valence-electron chi connectivity index (χ4n) is 2.52. The minimum Gasteiger partial charge on any atom is -0.490 e. The Balaban J connectivity index is 1.73. The lowest BCUT2D eigenvalue weighted by Crippen LogP contribution is -2.35. The predicted molar refractivity (Wildman–Crippen MR) is 67.8 cm³/mol. The first-order valence-electron chi connectivity index (χ1n) is 6.71. The van der Waals surface area contributed by atoms with Gasteiger partial charge in [-0.1, -0.05) is 0 Å². The molecule has 0 saturated heterocycles. The summed E-state index contributed by atoms with van der Waals surface area (Å²) in [7, 11) is 0. The largest absolute Gasteiger partial charge is 0.490 e. The summed E-state index contributed by atoms with van der Waals surface area (Å²) in [6, 6.07) is 7.17. The van der Waals surface area contributed by atoms with E-state index >= 15 is 0 Å². The Kier molecular flexibility index (Phi) is 2.86. The van der Waals surface area contributed by atoms with Crippen molar-refractivity contribution in [2.75, 3.05) is 0 Å². The Morgan fingerprint density at radius 1 is 1.17 bits per heavy atom. The third kappa shape index (κ3) is 2.27. The van der Waals surface area contributed by atoms with Crippen molar-refractivity contribution < 1.29 is 14.6 Å². The van der Waals surface area contributed by atoms with Gasteiger partial charge in [-0.15, -0.1) is 0 Å². The molecule has 2 aliphatic carbocycles. The normalized spacial score (nSPS) is 21.8. The number of hydrogen-bond acceptors (Lipinski definition) is 3. The van der Waals surface area contributed by atoms with Gasteiger partial charge in [0.1, 0.15) is 11.4 Å². The Bertz CT molecular complexity index is 439. The van der Waals surface area contributed by atoms with Crippen molar-refractivity contribution in [3.8, 4) is 5.75 Å². The average Bonchev–Trinajstić information content (AvgIpc) is 3.09. The van der Waals surface area contributed by atoms with Gasteiger partial charge >= 0.3 is 0 Å². The van der Waals surface area contributed by atoms with Gasteiger partial charge in [0.05, 0.1) is 6.10 Å². The van der Waals surface area contributed by atoms with Gasteiger partial charge in [-0.2, -0.15) is 0 Å². The highest BCUT2D eigenvalue weighted by atomic mass is 16.5. The minimum atomic E-state index is -1.13. The van der Waals surface area contributed by atoms with Crippen molar-refractivity contribution in [3.63, 3.8) is 0 Å². The number of benzene rings is 1. The van der Waals surface area contributed by atoms with Crippen LogP contribution in [0.25, 0.3) is 0 Å². The standard InChI is InChI=1S/C15H18O3/c16-14(15(17)9-1-2-10-15)11-3-5-12(6-4-11)18-13-7-8-13/h3-6,13,17H,1-2,7-10H2.